The number of anilines is 1. The van der Waals surface area contributed by atoms with Gasteiger partial charge in [0.15, 0.2) is 0 Å². The van der Waals surface area contributed by atoms with Crippen LogP contribution in [0.1, 0.15) is 6.42 Å². The third-order valence-electron chi connectivity index (χ3n) is 2.32. The number of halogens is 3. The Morgan fingerprint density at radius 1 is 1.37 bits per heavy atom. The van der Waals surface area contributed by atoms with Gasteiger partial charge in [-0.25, -0.2) is 0 Å². The van der Waals surface area contributed by atoms with Crippen LogP contribution in [0.5, 0.6) is 0 Å². The summed E-state index contributed by atoms with van der Waals surface area (Å²) in [6, 6.07) is 3.11. The van der Waals surface area contributed by atoms with Gasteiger partial charge in [-0.3, -0.25) is 4.72 Å². The van der Waals surface area contributed by atoms with Gasteiger partial charge in [0.25, 0.3) is 0 Å². The third-order valence-corrected chi connectivity index (χ3v) is 5.57. The second-order valence-electron chi connectivity index (χ2n) is 3.73. The number of benzene rings is 1. The first kappa shape index (κ1) is 17.0. The Labute approximate surface area is 130 Å². The molecule has 19 heavy (non-hydrogen) atoms. The number of hydrogen-bond acceptors (Lipinski definition) is 3. The van der Waals surface area contributed by atoms with Crippen molar-refractivity contribution in [1.29, 1.82) is 0 Å². The molecule has 9 heteroatoms. The summed E-state index contributed by atoms with van der Waals surface area (Å²) in [7, 11) is -2.31. The summed E-state index contributed by atoms with van der Waals surface area (Å²) < 4.78 is 28.0. The minimum Gasteiger partial charge on any atom is -0.396 e. The molecule has 0 aliphatic heterocycles. The van der Waals surface area contributed by atoms with Crippen LogP contribution in [0.2, 0.25) is 10.0 Å². The van der Waals surface area contributed by atoms with E-state index in [0.29, 0.717) is 10.9 Å². The standard InChI is InChI=1S/C10H13BrCl2N2O3S/c1-15(5-2-6-16)19(17,18)14-8-4-3-7(11)9(12)10(8)13/h3-4,14,16H,2,5-6H2,1H3. The molecule has 0 aliphatic carbocycles. The van der Waals surface area contributed by atoms with E-state index in [-0.39, 0.29) is 28.9 Å². The number of rotatable bonds is 6. The Kier molecular flexibility index (Phi) is 6.35. The summed E-state index contributed by atoms with van der Waals surface area (Å²) >= 11 is 15.1. The highest BCUT2D eigenvalue weighted by Gasteiger charge is 2.19. The van der Waals surface area contributed by atoms with Crippen molar-refractivity contribution in [3.05, 3.63) is 26.7 Å². The van der Waals surface area contributed by atoms with Crippen molar-refractivity contribution in [2.24, 2.45) is 0 Å². The molecule has 0 heterocycles. The molecule has 1 rings (SSSR count). The molecular weight excluding hydrogens is 379 g/mol. The minimum atomic E-state index is -3.72. The van der Waals surface area contributed by atoms with Crippen LogP contribution in [0.15, 0.2) is 16.6 Å². The zero-order valence-corrected chi connectivity index (χ0v) is 13.9. The first-order chi connectivity index (χ1) is 8.79. The van der Waals surface area contributed by atoms with E-state index in [0.717, 1.165) is 4.31 Å². The van der Waals surface area contributed by atoms with E-state index in [2.05, 4.69) is 20.7 Å². The highest BCUT2D eigenvalue weighted by molar-refractivity contribution is 9.10. The number of aliphatic hydroxyl groups is 1. The highest BCUT2D eigenvalue weighted by Crippen LogP contribution is 2.36. The summed E-state index contributed by atoms with van der Waals surface area (Å²) in [4.78, 5) is 0. The molecule has 0 atom stereocenters. The average molecular weight is 392 g/mol. The maximum atomic E-state index is 12.0. The van der Waals surface area contributed by atoms with Crippen molar-refractivity contribution >= 4 is 55.0 Å². The minimum absolute atomic E-state index is 0.0786. The first-order valence-corrected chi connectivity index (χ1v) is 8.27. The van der Waals surface area contributed by atoms with E-state index in [1.165, 1.54) is 13.1 Å². The maximum Gasteiger partial charge on any atom is 0.301 e. The van der Waals surface area contributed by atoms with E-state index in [9.17, 15) is 8.42 Å². The quantitative estimate of drug-likeness (QED) is 0.732. The van der Waals surface area contributed by atoms with Gasteiger partial charge in [0.05, 0.1) is 15.7 Å². The lowest BCUT2D eigenvalue weighted by Gasteiger charge is -2.18. The summed E-state index contributed by atoms with van der Waals surface area (Å²) in [6.07, 6.45) is 0.353. The molecule has 0 unspecified atom stereocenters. The second-order valence-corrected chi connectivity index (χ2v) is 7.12. The van der Waals surface area contributed by atoms with Crippen molar-refractivity contribution in [3.8, 4) is 0 Å². The molecule has 0 radical (unpaired) electrons. The molecule has 1 aromatic carbocycles. The molecule has 108 valence electrons. The predicted molar refractivity (Wildman–Crippen MR) is 81.0 cm³/mol. The topological polar surface area (TPSA) is 69.6 Å². The van der Waals surface area contributed by atoms with Crippen molar-refractivity contribution in [2.75, 3.05) is 24.9 Å². The van der Waals surface area contributed by atoms with Crippen LogP contribution in [-0.4, -0.2) is 38.0 Å². The van der Waals surface area contributed by atoms with E-state index < -0.39 is 10.2 Å². The predicted octanol–water partition coefficient (Wildman–Crippen LogP) is 2.73. The lowest BCUT2D eigenvalue weighted by Crippen LogP contribution is -2.33. The van der Waals surface area contributed by atoms with E-state index in [1.54, 1.807) is 6.07 Å². The first-order valence-electron chi connectivity index (χ1n) is 5.28. The number of nitrogens with zero attached hydrogens (tertiary/aromatic N) is 1. The molecule has 0 spiro atoms. The summed E-state index contributed by atoms with van der Waals surface area (Å²) in [5.41, 5.74) is 0.200. The highest BCUT2D eigenvalue weighted by atomic mass is 79.9. The number of hydrogen-bond donors (Lipinski definition) is 2. The lowest BCUT2D eigenvalue weighted by molar-refractivity contribution is 0.276. The fraction of sp³-hybridized carbons (Fsp3) is 0.400. The lowest BCUT2D eigenvalue weighted by atomic mass is 10.3. The van der Waals surface area contributed by atoms with Crippen LogP contribution < -0.4 is 4.72 Å². The molecular formula is C10H13BrCl2N2O3S. The molecule has 0 aliphatic rings. The van der Waals surface area contributed by atoms with Crippen LogP contribution in [-0.2, 0) is 10.2 Å². The average Bonchev–Trinajstić information content (AvgIpc) is 2.36. The Morgan fingerprint density at radius 2 is 2.00 bits per heavy atom. The number of nitrogens with one attached hydrogen (secondary N) is 1. The number of aliphatic hydroxyl groups excluding tert-OH is 1. The van der Waals surface area contributed by atoms with Gasteiger partial charge < -0.3 is 5.11 Å². The van der Waals surface area contributed by atoms with Gasteiger partial charge in [0.2, 0.25) is 0 Å². The molecule has 0 saturated heterocycles. The van der Waals surface area contributed by atoms with E-state index in [4.69, 9.17) is 28.3 Å². The van der Waals surface area contributed by atoms with Gasteiger partial charge in [0, 0.05) is 24.7 Å². The Bertz CT molecular complexity index is 554. The fourth-order valence-electron chi connectivity index (χ4n) is 1.24. The Hall–Kier alpha value is -0.0500. The van der Waals surface area contributed by atoms with Gasteiger partial charge in [-0.1, -0.05) is 23.2 Å². The molecule has 2 N–H and O–H groups in total. The molecule has 0 bridgehead atoms. The Balaban J connectivity index is 2.93. The van der Waals surface area contributed by atoms with Crippen molar-refractivity contribution in [2.45, 2.75) is 6.42 Å². The van der Waals surface area contributed by atoms with Crippen molar-refractivity contribution in [1.82, 2.24) is 4.31 Å². The molecule has 0 saturated carbocycles. The van der Waals surface area contributed by atoms with Crippen molar-refractivity contribution < 1.29 is 13.5 Å². The van der Waals surface area contributed by atoms with Gasteiger partial charge in [-0.05, 0) is 34.5 Å². The molecule has 1 aromatic rings. The van der Waals surface area contributed by atoms with Crippen LogP contribution in [0.25, 0.3) is 0 Å². The largest absolute Gasteiger partial charge is 0.396 e. The zero-order valence-electron chi connectivity index (χ0n) is 10.0. The van der Waals surface area contributed by atoms with Gasteiger partial charge in [0.1, 0.15) is 0 Å². The van der Waals surface area contributed by atoms with Crippen LogP contribution in [0.4, 0.5) is 5.69 Å². The van der Waals surface area contributed by atoms with Crippen LogP contribution in [0, 0.1) is 0 Å². The molecule has 0 fully saturated rings. The fourth-order valence-corrected chi connectivity index (χ4v) is 3.09. The smallest absolute Gasteiger partial charge is 0.301 e. The van der Waals surface area contributed by atoms with Gasteiger partial charge in [-0.2, -0.15) is 12.7 Å². The SMILES string of the molecule is CN(CCCO)S(=O)(=O)Nc1ccc(Br)c(Cl)c1Cl. The second kappa shape index (κ2) is 7.10. The Morgan fingerprint density at radius 3 is 2.58 bits per heavy atom. The van der Waals surface area contributed by atoms with Gasteiger partial charge >= 0.3 is 10.2 Å². The maximum absolute atomic E-state index is 12.0. The van der Waals surface area contributed by atoms with Crippen LogP contribution >= 0.6 is 39.1 Å². The summed E-state index contributed by atoms with van der Waals surface area (Å²) in [5, 5.41) is 9.05. The van der Waals surface area contributed by atoms with E-state index in [1.807, 2.05) is 0 Å². The normalized spacial score (nSPS) is 11.9. The molecule has 0 aromatic heterocycles. The summed E-state index contributed by atoms with van der Waals surface area (Å²) in [5.74, 6) is 0. The van der Waals surface area contributed by atoms with Crippen LogP contribution in [0.3, 0.4) is 0 Å². The molecule has 0 amide bonds. The summed E-state index contributed by atoms with van der Waals surface area (Å²) in [6.45, 7) is 0.123. The third kappa shape index (κ3) is 4.47. The van der Waals surface area contributed by atoms with Crippen molar-refractivity contribution in [3.63, 3.8) is 0 Å². The monoisotopic (exact) mass is 390 g/mol. The van der Waals surface area contributed by atoms with E-state index >= 15 is 0 Å². The van der Waals surface area contributed by atoms with Gasteiger partial charge in [-0.15, -0.1) is 0 Å². The zero-order chi connectivity index (χ0) is 14.6. The molecule has 5 nitrogen and oxygen atoms in total.